The van der Waals surface area contributed by atoms with E-state index in [9.17, 15) is 4.79 Å². The molecule has 1 saturated carbocycles. The highest BCUT2D eigenvalue weighted by Crippen LogP contribution is 2.26. The molecule has 0 aromatic heterocycles. The zero-order valence-corrected chi connectivity index (χ0v) is 12.6. The third-order valence-corrected chi connectivity index (χ3v) is 4.08. The van der Waals surface area contributed by atoms with Crippen LogP contribution in [0.5, 0.6) is 11.5 Å². The molecule has 1 aliphatic carbocycles. The van der Waals surface area contributed by atoms with Gasteiger partial charge >= 0.3 is 0 Å². The Balaban J connectivity index is 1.58. The highest BCUT2D eigenvalue weighted by atomic mass is 16.5. The van der Waals surface area contributed by atoms with Crippen molar-refractivity contribution < 1.29 is 9.53 Å². The maximum absolute atomic E-state index is 12.2. The van der Waals surface area contributed by atoms with Crippen molar-refractivity contribution >= 4 is 11.6 Å². The fraction of sp³-hybridized carbons (Fsp3) is 0.316. The molecule has 22 heavy (non-hydrogen) atoms. The van der Waals surface area contributed by atoms with Crippen molar-refractivity contribution in [2.24, 2.45) is 5.92 Å². The summed E-state index contributed by atoms with van der Waals surface area (Å²) >= 11 is 0. The van der Waals surface area contributed by atoms with Crippen molar-refractivity contribution in [3.8, 4) is 11.5 Å². The van der Waals surface area contributed by atoms with Gasteiger partial charge in [-0.05, 0) is 49.2 Å². The van der Waals surface area contributed by atoms with Crippen LogP contribution in [0.4, 0.5) is 5.69 Å². The summed E-state index contributed by atoms with van der Waals surface area (Å²) in [5.74, 6) is 1.90. The molecule has 3 nitrogen and oxygen atoms in total. The van der Waals surface area contributed by atoms with Crippen molar-refractivity contribution in [2.45, 2.75) is 32.1 Å². The van der Waals surface area contributed by atoms with Crippen LogP contribution in [0, 0.1) is 5.92 Å². The van der Waals surface area contributed by atoms with E-state index in [-0.39, 0.29) is 11.8 Å². The Morgan fingerprint density at radius 2 is 1.50 bits per heavy atom. The lowest BCUT2D eigenvalue weighted by molar-refractivity contribution is -0.120. The summed E-state index contributed by atoms with van der Waals surface area (Å²) in [4.78, 5) is 12.2. The topological polar surface area (TPSA) is 38.3 Å². The first-order valence-electron chi connectivity index (χ1n) is 7.95. The molecule has 0 aliphatic heterocycles. The maximum Gasteiger partial charge on any atom is 0.227 e. The van der Waals surface area contributed by atoms with E-state index in [4.69, 9.17) is 4.74 Å². The third kappa shape index (κ3) is 3.88. The Kier molecular flexibility index (Phi) is 4.74. The summed E-state index contributed by atoms with van der Waals surface area (Å²) in [6.45, 7) is 0. The Morgan fingerprint density at radius 3 is 2.18 bits per heavy atom. The Morgan fingerprint density at radius 1 is 0.864 bits per heavy atom. The molecule has 2 aromatic carbocycles. The second kappa shape index (κ2) is 7.12. The van der Waals surface area contributed by atoms with Gasteiger partial charge in [-0.1, -0.05) is 37.5 Å². The summed E-state index contributed by atoms with van der Waals surface area (Å²) in [5.41, 5.74) is 0.830. The highest BCUT2D eigenvalue weighted by Gasteiger charge is 2.20. The molecule has 1 aliphatic rings. The zero-order chi connectivity index (χ0) is 15.2. The van der Waals surface area contributed by atoms with Gasteiger partial charge in [-0.15, -0.1) is 0 Å². The number of benzene rings is 2. The lowest BCUT2D eigenvalue weighted by atomic mass is 9.88. The molecule has 3 heteroatoms. The number of ether oxygens (including phenoxy) is 1. The number of hydrogen-bond donors (Lipinski definition) is 1. The number of rotatable bonds is 4. The second-order valence-corrected chi connectivity index (χ2v) is 5.76. The monoisotopic (exact) mass is 295 g/mol. The second-order valence-electron chi connectivity index (χ2n) is 5.76. The first-order chi connectivity index (χ1) is 10.8. The molecule has 0 atom stereocenters. The summed E-state index contributed by atoms with van der Waals surface area (Å²) < 4.78 is 5.74. The fourth-order valence-corrected chi connectivity index (χ4v) is 2.84. The van der Waals surface area contributed by atoms with Gasteiger partial charge in [0.25, 0.3) is 0 Å². The van der Waals surface area contributed by atoms with Crippen LogP contribution in [-0.4, -0.2) is 5.91 Å². The van der Waals surface area contributed by atoms with Crippen LogP contribution in [0.15, 0.2) is 54.6 Å². The van der Waals surface area contributed by atoms with E-state index in [1.54, 1.807) is 0 Å². The van der Waals surface area contributed by atoms with Crippen molar-refractivity contribution in [3.05, 3.63) is 54.6 Å². The molecule has 3 rings (SSSR count). The minimum Gasteiger partial charge on any atom is -0.457 e. The summed E-state index contributed by atoms with van der Waals surface area (Å²) in [7, 11) is 0. The van der Waals surface area contributed by atoms with Crippen LogP contribution in [0.25, 0.3) is 0 Å². The molecular weight excluding hydrogens is 274 g/mol. The molecule has 114 valence electrons. The summed E-state index contributed by atoms with van der Waals surface area (Å²) in [6.07, 6.45) is 5.63. The van der Waals surface area contributed by atoms with E-state index in [2.05, 4.69) is 5.32 Å². The van der Waals surface area contributed by atoms with E-state index in [0.29, 0.717) is 0 Å². The number of amides is 1. The largest absolute Gasteiger partial charge is 0.457 e. The quantitative estimate of drug-likeness (QED) is 0.862. The van der Waals surface area contributed by atoms with Crippen molar-refractivity contribution in [3.63, 3.8) is 0 Å². The van der Waals surface area contributed by atoms with Gasteiger partial charge in [0.2, 0.25) is 5.91 Å². The van der Waals surface area contributed by atoms with Gasteiger partial charge in [-0.2, -0.15) is 0 Å². The van der Waals surface area contributed by atoms with Gasteiger partial charge in [0, 0.05) is 11.6 Å². The van der Waals surface area contributed by atoms with Crippen molar-refractivity contribution in [1.82, 2.24) is 0 Å². The molecule has 1 amide bonds. The maximum atomic E-state index is 12.2. The van der Waals surface area contributed by atoms with Gasteiger partial charge in [0.15, 0.2) is 0 Å². The zero-order valence-electron chi connectivity index (χ0n) is 12.6. The molecule has 0 bridgehead atoms. The first kappa shape index (κ1) is 14.6. The van der Waals surface area contributed by atoms with E-state index >= 15 is 0 Å². The van der Waals surface area contributed by atoms with E-state index in [1.807, 2.05) is 54.6 Å². The number of carbonyl (C=O) groups excluding carboxylic acids is 1. The minimum atomic E-state index is 0.149. The average molecular weight is 295 g/mol. The number of anilines is 1. The van der Waals surface area contributed by atoms with Gasteiger partial charge in [0.1, 0.15) is 11.5 Å². The van der Waals surface area contributed by atoms with Crippen LogP contribution < -0.4 is 10.1 Å². The summed E-state index contributed by atoms with van der Waals surface area (Å²) in [5, 5.41) is 3.01. The molecule has 2 aromatic rings. The molecule has 1 N–H and O–H groups in total. The van der Waals surface area contributed by atoms with E-state index < -0.39 is 0 Å². The molecule has 0 spiro atoms. The smallest absolute Gasteiger partial charge is 0.227 e. The number of para-hydroxylation sites is 1. The van der Waals surface area contributed by atoms with Crippen molar-refractivity contribution in [1.29, 1.82) is 0 Å². The van der Waals surface area contributed by atoms with Gasteiger partial charge in [-0.3, -0.25) is 4.79 Å². The SMILES string of the molecule is O=C(Nc1ccc(Oc2ccccc2)cc1)C1CCCCC1. The average Bonchev–Trinajstić information content (AvgIpc) is 2.58. The number of nitrogens with one attached hydrogen (secondary N) is 1. The highest BCUT2D eigenvalue weighted by molar-refractivity contribution is 5.92. The van der Waals surface area contributed by atoms with Crippen LogP contribution in [-0.2, 0) is 4.79 Å². The van der Waals surface area contributed by atoms with Crippen LogP contribution in [0.2, 0.25) is 0 Å². The number of carbonyl (C=O) groups is 1. The summed E-state index contributed by atoms with van der Waals surface area (Å²) in [6, 6.07) is 17.2. The normalized spacial score (nSPS) is 15.3. The lowest BCUT2D eigenvalue weighted by Crippen LogP contribution is -2.24. The Bertz CT molecular complexity index is 601. The Hall–Kier alpha value is -2.29. The predicted octanol–water partition coefficient (Wildman–Crippen LogP) is 5.00. The van der Waals surface area contributed by atoms with E-state index in [0.717, 1.165) is 30.0 Å². The molecule has 0 radical (unpaired) electrons. The number of hydrogen-bond acceptors (Lipinski definition) is 2. The molecule has 0 unspecified atom stereocenters. The molecule has 1 fully saturated rings. The predicted molar refractivity (Wildman–Crippen MR) is 88.2 cm³/mol. The van der Waals surface area contributed by atoms with Gasteiger partial charge < -0.3 is 10.1 Å². The van der Waals surface area contributed by atoms with Crippen molar-refractivity contribution in [2.75, 3.05) is 5.32 Å². The standard InChI is InChI=1S/C19H21NO2/c21-19(15-7-3-1-4-8-15)20-16-11-13-18(14-12-16)22-17-9-5-2-6-10-17/h2,5-6,9-15H,1,3-4,7-8H2,(H,20,21). The molecule has 0 heterocycles. The van der Waals surface area contributed by atoms with Gasteiger partial charge in [-0.25, -0.2) is 0 Å². The minimum absolute atomic E-state index is 0.149. The molecular formula is C19H21NO2. The third-order valence-electron chi connectivity index (χ3n) is 4.08. The fourth-order valence-electron chi connectivity index (χ4n) is 2.84. The first-order valence-corrected chi connectivity index (χ1v) is 7.95. The molecule has 0 saturated heterocycles. The van der Waals surface area contributed by atoms with Gasteiger partial charge in [0.05, 0.1) is 0 Å². The van der Waals surface area contributed by atoms with Crippen LogP contribution >= 0.6 is 0 Å². The Labute approximate surface area is 131 Å². The van der Waals surface area contributed by atoms with Crippen LogP contribution in [0.3, 0.4) is 0 Å². The van der Waals surface area contributed by atoms with Crippen LogP contribution in [0.1, 0.15) is 32.1 Å². The lowest BCUT2D eigenvalue weighted by Gasteiger charge is -2.20. The van der Waals surface area contributed by atoms with E-state index in [1.165, 1.54) is 19.3 Å².